The Hall–Kier alpha value is -1.36. The van der Waals surface area contributed by atoms with Gasteiger partial charge in [-0.25, -0.2) is 0 Å². The van der Waals surface area contributed by atoms with E-state index in [2.05, 4.69) is 11.4 Å². The zero-order valence-electron chi connectivity index (χ0n) is 10.4. The van der Waals surface area contributed by atoms with Crippen LogP contribution in [0.5, 0.6) is 0 Å². The molecule has 1 aromatic carbocycles. The Kier molecular flexibility index (Phi) is 3.32. The molecule has 1 saturated heterocycles. The van der Waals surface area contributed by atoms with Crippen molar-refractivity contribution in [2.45, 2.75) is 12.1 Å². The highest BCUT2D eigenvalue weighted by molar-refractivity contribution is 5.77. The minimum Gasteiger partial charge on any atom is -0.459 e. The van der Waals surface area contributed by atoms with Gasteiger partial charge in [-0.05, 0) is 19.2 Å². The largest absolute Gasteiger partial charge is 0.459 e. The lowest BCUT2D eigenvalue weighted by atomic mass is 10.1. The molecular formula is C14H17NO3. The Morgan fingerprint density at radius 2 is 2.17 bits per heavy atom. The molecule has 1 aromatic heterocycles. The van der Waals surface area contributed by atoms with Crippen LogP contribution in [0.1, 0.15) is 11.8 Å². The summed E-state index contributed by atoms with van der Waals surface area (Å²) in [6.07, 6.45) is 0.00399. The molecule has 3 rings (SSSR count). The van der Waals surface area contributed by atoms with Crippen LogP contribution in [-0.4, -0.2) is 33.0 Å². The lowest BCUT2D eigenvalue weighted by Crippen LogP contribution is -2.39. The number of hydrogen-bond acceptors (Lipinski definition) is 4. The van der Waals surface area contributed by atoms with E-state index in [1.807, 2.05) is 31.3 Å². The number of fused-ring (bicyclic) bond motifs is 1. The molecule has 0 amide bonds. The molecule has 96 valence electrons. The van der Waals surface area contributed by atoms with E-state index in [1.54, 1.807) is 0 Å². The minimum atomic E-state index is 0.00399. The monoisotopic (exact) mass is 247 g/mol. The van der Waals surface area contributed by atoms with Crippen molar-refractivity contribution < 1.29 is 13.9 Å². The molecule has 4 heteroatoms. The van der Waals surface area contributed by atoms with Crippen molar-refractivity contribution in [2.24, 2.45) is 0 Å². The van der Waals surface area contributed by atoms with E-state index in [1.165, 1.54) is 0 Å². The highest BCUT2D eigenvalue weighted by Crippen LogP contribution is 2.27. The summed E-state index contributed by atoms with van der Waals surface area (Å²) in [5.41, 5.74) is 0.907. The second-order valence-electron chi connectivity index (χ2n) is 4.44. The molecule has 2 heterocycles. The molecule has 0 bridgehead atoms. The first-order valence-electron chi connectivity index (χ1n) is 6.23. The quantitative estimate of drug-likeness (QED) is 0.902. The highest BCUT2D eigenvalue weighted by atomic mass is 16.6. The Morgan fingerprint density at radius 3 is 2.89 bits per heavy atom. The predicted octanol–water partition coefficient (Wildman–Crippen LogP) is 2.11. The third kappa shape index (κ3) is 2.14. The number of likely N-dealkylation sites (N-methyl/N-ethyl adjacent to an activating group) is 1. The number of ether oxygens (including phenoxy) is 2. The maximum atomic E-state index is 5.88. The summed E-state index contributed by atoms with van der Waals surface area (Å²) < 4.78 is 17.1. The van der Waals surface area contributed by atoms with Crippen molar-refractivity contribution in [1.29, 1.82) is 0 Å². The molecule has 2 atom stereocenters. The SMILES string of the molecule is CNC(c1cc2ccccc2o1)C1COCCO1. The van der Waals surface area contributed by atoms with Crippen molar-refractivity contribution in [3.8, 4) is 0 Å². The first-order chi connectivity index (χ1) is 8.88. The second-order valence-corrected chi connectivity index (χ2v) is 4.44. The average molecular weight is 247 g/mol. The van der Waals surface area contributed by atoms with Crippen molar-refractivity contribution in [3.05, 3.63) is 36.1 Å². The summed E-state index contributed by atoms with van der Waals surface area (Å²) >= 11 is 0. The standard InChI is InChI=1S/C14H17NO3/c1-15-14(13-9-16-6-7-17-13)12-8-10-4-2-3-5-11(10)18-12/h2-5,8,13-15H,6-7,9H2,1H3. The Labute approximate surface area is 106 Å². The van der Waals surface area contributed by atoms with Gasteiger partial charge >= 0.3 is 0 Å². The van der Waals surface area contributed by atoms with Gasteiger partial charge in [-0.2, -0.15) is 0 Å². The first kappa shape index (κ1) is 11.7. The van der Waals surface area contributed by atoms with Crippen LogP contribution >= 0.6 is 0 Å². The van der Waals surface area contributed by atoms with E-state index in [-0.39, 0.29) is 12.1 Å². The topological polar surface area (TPSA) is 43.6 Å². The Bertz CT molecular complexity index is 483. The van der Waals surface area contributed by atoms with Crippen LogP contribution in [0.4, 0.5) is 0 Å². The van der Waals surface area contributed by atoms with Gasteiger partial charge in [0.05, 0.1) is 25.9 Å². The molecule has 2 aromatic rings. The van der Waals surface area contributed by atoms with Crippen LogP contribution < -0.4 is 5.32 Å². The number of rotatable bonds is 3. The molecule has 2 unspecified atom stereocenters. The molecule has 18 heavy (non-hydrogen) atoms. The fourth-order valence-electron chi connectivity index (χ4n) is 2.37. The van der Waals surface area contributed by atoms with Crippen molar-refractivity contribution in [2.75, 3.05) is 26.9 Å². The van der Waals surface area contributed by atoms with Gasteiger partial charge in [0.1, 0.15) is 17.4 Å². The fraction of sp³-hybridized carbons (Fsp3) is 0.429. The maximum Gasteiger partial charge on any atom is 0.134 e. The lowest BCUT2D eigenvalue weighted by molar-refractivity contribution is -0.103. The molecule has 1 N–H and O–H groups in total. The Morgan fingerprint density at radius 1 is 1.28 bits per heavy atom. The Balaban J connectivity index is 1.90. The van der Waals surface area contributed by atoms with E-state index in [9.17, 15) is 0 Å². The third-order valence-corrected chi connectivity index (χ3v) is 3.28. The molecular weight excluding hydrogens is 230 g/mol. The maximum absolute atomic E-state index is 5.88. The molecule has 0 saturated carbocycles. The number of hydrogen-bond donors (Lipinski definition) is 1. The van der Waals surface area contributed by atoms with Gasteiger partial charge in [-0.1, -0.05) is 18.2 Å². The van der Waals surface area contributed by atoms with Crippen molar-refractivity contribution in [3.63, 3.8) is 0 Å². The summed E-state index contributed by atoms with van der Waals surface area (Å²) in [6.45, 7) is 1.92. The average Bonchev–Trinajstić information content (AvgIpc) is 2.84. The molecule has 0 spiro atoms. The zero-order valence-corrected chi connectivity index (χ0v) is 10.4. The summed E-state index contributed by atoms with van der Waals surface area (Å²) in [5, 5.41) is 4.37. The van der Waals surface area contributed by atoms with E-state index in [4.69, 9.17) is 13.9 Å². The molecule has 1 aliphatic heterocycles. The predicted molar refractivity (Wildman–Crippen MR) is 68.6 cm³/mol. The van der Waals surface area contributed by atoms with Crippen molar-refractivity contribution in [1.82, 2.24) is 5.32 Å². The number of furan rings is 1. The minimum absolute atomic E-state index is 0.00399. The summed E-state index contributed by atoms with van der Waals surface area (Å²) in [5.74, 6) is 0.897. The molecule has 4 nitrogen and oxygen atoms in total. The van der Waals surface area contributed by atoms with Crippen molar-refractivity contribution >= 4 is 11.0 Å². The molecule has 1 aliphatic rings. The smallest absolute Gasteiger partial charge is 0.134 e. The normalized spacial score (nSPS) is 22.2. The van der Waals surface area contributed by atoms with Gasteiger partial charge < -0.3 is 19.2 Å². The summed E-state index contributed by atoms with van der Waals surface area (Å²) in [4.78, 5) is 0. The van der Waals surface area contributed by atoms with Gasteiger partial charge in [0.15, 0.2) is 0 Å². The number of para-hydroxylation sites is 1. The van der Waals surface area contributed by atoms with Crippen LogP contribution in [-0.2, 0) is 9.47 Å². The van der Waals surface area contributed by atoms with Crippen LogP contribution in [0.15, 0.2) is 34.7 Å². The van der Waals surface area contributed by atoms with Crippen LogP contribution in [0, 0.1) is 0 Å². The van der Waals surface area contributed by atoms with E-state index in [0.717, 1.165) is 16.7 Å². The highest BCUT2D eigenvalue weighted by Gasteiger charge is 2.27. The molecule has 0 aliphatic carbocycles. The van der Waals surface area contributed by atoms with Gasteiger partial charge in [0.2, 0.25) is 0 Å². The molecule has 0 radical (unpaired) electrons. The van der Waals surface area contributed by atoms with E-state index < -0.39 is 0 Å². The van der Waals surface area contributed by atoms with Crippen LogP contribution in [0.2, 0.25) is 0 Å². The van der Waals surface area contributed by atoms with E-state index in [0.29, 0.717) is 19.8 Å². The van der Waals surface area contributed by atoms with Gasteiger partial charge in [0, 0.05) is 5.39 Å². The van der Waals surface area contributed by atoms with Gasteiger partial charge in [-0.15, -0.1) is 0 Å². The molecule has 1 fully saturated rings. The van der Waals surface area contributed by atoms with Crippen LogP contribution in [0.25, 0.3) is 11.0 Å². The number of benzene rings is 1. The summed E-state index contributed by atoms with van der Waals surface area (Å²) in [6, 6.07) is 10.1. The fourth-order valence-corrected chi connectivity index (χ4v) is 2.37. The third-order valence-electron chi connectivity index (χ3n) is 3.28. The zero-order chi connectivity index (χ0) is 12.4. The summed E-state index contributed by atoms with van der Waals surface area (Å²) in [7, 11) is 1.91. The van der Waals surface area contributed by atoms with Gasteiger partial charge in [0.25, 0.3) is 0 Å². The van der Waals surface area contributed by atoms with Gasteiger partial charge in [-0.3, -0.25) is 0 Å². The van der Waals surface area contributed by atoms with E-state index >= 15 is 0 Å². The van der Waals surface area contributed by atoms with Crippen LogP contribution in [0.3, 0.4) is 0 Å². The second kappa shape index (κ2) is 5.10. The number of nitrogens with one attached hydrogen (secondary N) is 1. The first-order valence-corrected chi connectivity index (χ1v) is 6.23. The lowest BCUT2D eigenvalue weighted by Gasteiger charge is -2.28.